The molecular formula is C14H21IN2. The van der Waals surface area contributed by atoms with Gasteiger partial charge in [-0.25, -0.2) is 0 Å². The Morgan fingerprint density at radius 3 is 2.65 bits per heavy atom. The Labute approximate surface area is 118 Å². The van der Waals surface area contributed by atoms with Gasteiger partial charge in [-0.3, -0.25) is 4.90 Å². The molecule has 17 heavy (non-hydrogen) atoms. The number of halogens is 1. The molecule has 2 atom stereocenters. The third kappa shape index (κ3) is 3.42. The highest BCUT2D eigenvalue weighted by atomic mass is 127. The van der Waals surface area contributed by atoms with Gasteiger partial charge in [0.1, 0.15) is 0 Å². The zero-order valence-corrected chi connectivity index (χ0v) is 12.6. The number of nitrogens with zero attached hydrogens (tertiary/aromatic N) is 1. The first-order chi connectivity index (χ1) is 8.20. The van der Waals surface area contributed by atoms with E-state index in [4.69, 9.17) is 5.73 Å². The van der Waals surface area contributed by atoms with Gasteiger partial charge in [0.2, 0.25) is 0 Å². The van der Waals surface area contributed by atoms with E-state index in [9.17, 15) is 0 Å². The normalized spacial score (nSPS) is 26.1. The van der Waals surface area contributed by atoms with Crippen LogP contribution in [0.15, 0.2) is 24.3 Å². The Hall–Kier alpha value is -0.130. The number of rotatable bonds is 3. The third-order valence-corrected chi connectivity index (χ3v) is 4.46. The summed E-state index contributed by atoms with van der Waals surface area (Å²) in [5, 5.41) is 0. The standard InChI is InChI=1S/C14H21IN2/c1-11-3-2-4-14(9-16)17(11)10-12-5-7-13(15)8-6-12/h5-8,11,14H,2-4,9-10,16H2,1H3. The minimum atomic E-state index is 0.568. The fraction of sp³-hybridized carbons (Fsp3) is 0.571. The number of nitrogens with two attached hydrogens (primary N) is 1. The van der Waals surface area contributed by atoms with E-state index in [1.165, 1.54) is 28.4 Å². The summed E-state index contributed by atoms with van der Waals surface area (Å²) in [6, 6.07) is 10.1. The first-order valence-corrected chi connectivity index (χ1v) is 7.49. The molecule has 2 nitrogen and oxygen atoms in total. The van der Waals surface area contributed by atoms with Crippen LogP contribution in [0.1, 0.15) is 31.7 Å². The summed E-state index contributed by atoms with van der Waals surface area (Å²) in [5.41, 5.74) is 7.29. The summed E-state index contributed by atoms with van der Waals surface area (Å²) in [6.45, 7) is 4.16. The molecule has 94 valence electrons. The average molecular weight is 344 g/mol. The maximum atomic E-state index is 5.89. The number of benzene rings is 1. The summed E-state index contributed by atoms with van der Waals surface area (Å²) in [6.07, 6.45) is 3.89. The smallest absolute Gasteiger partial charge is 0.0240 e. The van der Waals surface area contributed by atoms with Gasteiger partial charge >= 0.3 is 0 Å². The maximum absolute atomic E-state index is 5.89. The zero-order valence-electron chi connectivity index (χ0n) is 10.4. The second-order valence-corrected chi connectivity index (χ2v) is 6.21. The van der Waals surface area contributed by atoms with Crippen LogP contribution in [0.3, 0.4) is 0 Å². The van der Waals surface area contributed by atoms with E-state index in [-0.39, 0.29) is 0 Å². The number of piperidine rings is 1. The fourth-order valence-electron chi connectivity index (χ4n) is 2.68. The minimum absolute atomic E-state index is 0.568. The molecule has 1 aromatic carbocycles. The van der Waals surface area contributed by atoms with Crippen molar-refractivity contribution in [2.45, 2.75) is 44.8 Å². The minimum Gasteiger partial charge on any atom is -0.329 e. The summed E-state index contributed by atoms with van der Waals surface area (Å²) < 4.78 is 1.30. The summed E-state index contributed by atoms with van der Waals surface area (Å²) in [7, 11) is 0. The largest absolute Gasteiger partial charge is 0.329 e. The highest BCUT2D eigenvalue weighted by Crippen LogP contribution is 2.24. The van der Waals surface area contributed by atoms with Crippen molar-refractivity contribution in [2.75, 3.05) is 6.54 Å². The van der Waals surface area contributed by atoms with E-state index in [1.54, 1.807) is 0 Å². The molecule has 1 saturated heterocycles. The molecule has 0 aliphatic carbocycles. The maximum Gasteiger partial charge on any atom is 0.0240 e. The van der Waals surface area contributed by atoms with Crippen molar-refractivity contribution >= 4 is 22.6 Å². The van der Waals surface area contributed by atoms with Crippen LogP contribution in [0.5, 0.6) is 0 Å². The molecule has 0 aromatic heterocycles. The molecule has 1 fully saturated rings. The fourth-order valence-corrected chi connectivity index (χ4v) is 3.04. The molecule has 1 aliphatic rings. The van der Waals surface area contributed by atoms with Gasteiger partial charge in [0, 0.05) is 28.7 Å². The van der Waals surface area contributed by atoms with E-state index in [2.05, 4.69) is 58.7 Å². The lowest BCUT2D eigenvalue weighted by atomic mass is 9.95. The quantitative estimate of drug-likeness (QED) is 0.855. The SMILES string of the molecule is CC1CCCC(CN)N1Cc1ccc(I)cc1. The predicted molar refractivity (Wildman–Crippen MR) is 80.9 cm³/mol. The molecule has 3 heteroatoms. The highest BCUT2D eigenvalue weighted by Gasteiger charge is 2.26. The topological polar surface area (TPSA) is 29.3 Å². The van der Waals surface area contributed by atoms with Crippen LogP contribution in [-0.4, -0.2) is 23.5 Å². The van der Waals surface area contributed by atoms with Crippen molar-refractivity contribution in [1.82, 2.24) is 4.90 Å². The van der Waals surface area contributed by atoms with Crippen LogP contribution in [-0.2, 0) is 6.54 Å². The van der Waals surface area contributed by atoms with Gasteiger partial charge < -0.3 is 5.73 Å². The Morgan fingerprint density at radius 2 is 2.00 bits per heavy atom. The number of likely N-dealkylation sites (tertiary alicyclic amines) is 1. The third-order valence-electron chi connectivity index (χ3n) is 3.74. The molecule has 1 aliphatic heterocycles. The Balaban J connectivity index is 2.06. The Kier molecular flexibility index (Phi) is 4.82. The second-order valence-electron chi connectivity index (χ2n) is 4.97. The molecule has 2 N–H and O–H groups in total. The molecule has 1 aromatic rings. The van der Waals surface area contributed by atoms with Crippen molar-refractivity contribution in [2.24, 2.45) is 5.73 Å². The van der Waals surface area contributed by atoms with Crippen LogP contribution in [0.2, 0.25) is 0 Å². The van der Waals surface area contributed by atoms with Gasteiger partial charge in [-0.1, -0.05) is 18.6 Å². The lowest BCUT2D eigenvalue weighted by Gasteiger charge is -2.40. The van der Waals surface area contributed by atoms with E-state index in [0.29, 0.717) is 12.1 Å². The Morgan fingerprint density at radius 1 is 1.29 bits per heavy atom. The van der Waals surface area contributed by atoms with Crippen LogP contribution < -0.4 is 5.73 Å². The van der Waals surface area contributed by atoms with Crippen molar-refractivity contribution in [3.8, 4) is 0 Å². The van der Waals surface area contributed by atoms with Crippen LogP contribution in [0.4, 0.5) is 0 Å². The van der Waals surface area contributed by atoms with Gasteiger partial charge in [-0.2, -0.15) is 0 Å². The summed E-state index contributed by atoms with van der Waals surface area (Å²) in [5.74, 6) is 0. The number of hydrogen-bond donors (Lipinski definition) is 1. The molecule has 1 heterocycles. The lowest BCUT2D eigenvalue weighted by Crippen LogP contribution is -2.48. The van der Waals surface area contributed by atoms with Crippen molar-refractivity contribution in [3.05, 3.63) is 33.4 Å². The molecule has 0 radical (unpaired) electrons. The highest BCUT2D eigenvalue weighted by molar-refractivity contribution is 14.1. The van der Waals surface area contributed by atoms with Gasteiger partial charge in [-0.05, 0) is 60.1 Å². The zero-order chi connectivity index (χ0) is 12.3. The molecule has 0 saturated carbocycles. The van der Waals surface area contributed by atoms with Crippen LogP contribution in [0, 0.1) is 3.57 Å². The second kappa shape index (κ2) is 6.16. The van der Waals surface area contributed by atoms with Crippen molar-refractivity contribution < 1.29 is 0 Å². The molecule has 0 amide bonds. The summed E-state index contributed by atoms with van der Waals surface area (Å²) in [4.78, 5) is 2.58. The van der Waals surface area contributed by atoms with Gasteiger partial charge in [-0.15, -0.1) is 0 Å². The molecular weight excluding hydrogens is 323 g/mol. The van der Waals surface area contributed by atoms with E-state index in [0.717, 1.165) is 13.1 Å². The number of hydrogen-bond acceptors (Lipinski definition) is 2. The summed E-state index contributed by atoms with van der Waals surface area (Å²) >= 11 is 2.35. The Bertz CT molecular complexity index is 350. The monoisotopic (exact) mass is 344 g/mol. The lowest BCUT2D eigenvalue weighted by molar-refractivity contribution is 0.0892. The molecule has 0 spiro atoms. The van der Waals surface area contributed by atoms with E-state index < -0.39 is 0 Å². The van der Waals surface area contributed by atoms with Crippen molar-refractivity contribution in [3.63, 3.8) is 0 Å². The van der Waals surface area contributed by atoms with Crippen LogP contribution in [0.25, 0.3) is 0 Å². The molecule has 2 unspecified atom stereocenters. The average Bonchev–Trinajstić information content (AvgIpc) is 2.34. The molecule has 2 rings (SSSR count). The van der Waals surface area contributed by atoms with Crippen LogP contribution >= 0.6 is 22.6 Å². The van der Waals surface area contributed by atoms with Crippen molar-refractivity contribution in [1.29, 1.82) is 0 Å². The first kappa shape index (κ1) is 13.3. The van der Waals surface area contributed by atoms with Gasteiger partial charge in [0.15, 0.2) is 0 Å². The van der Waals surface area contributed by atoms with Gasteiger partial charge in [0.05, 0.1) is 0 Å². The van der Waals surface area contributed by atoms with E-state index >= 15 is 0 Å². The molecule has 0 bridgehead atoms. The predicted octanol–water partition coefficient (Wildman–Crippen LogP) is 2.99. The first-order valence-electron chi connectivity index (χ1n) is 6.41. The van der Waals surface area contributed by atoms with E-state index in [1.807, 2.05) is 0 Å². The van der Waals surface area contributed by atoms with Gasteiger partial charge in [0.25, 0.3) is 0 Å².